The third-order valence-corrected chi connectivity index (χ3v) is 5.15. The molecule has 2 aromatic heterocycles. The molecule has 0 spiro atoms. The topological polar surface area (TPSA) is 76.2 Å². The van der Waals surface area contributed by atoms with Gasteiger partial charge in [0.1, 0.15) is 0 Å². The first-order valence-corrected chi connectivity index (χ1v) is 9.30. The molecule has 134 valence electrons. The number of nitrogens with zero attached hydrogens (tertiary/aromatic N) is 2. The van der Waals surface area contributed by atoms with E-state index in [-0.39, 0.29) is 12.3 Å². The molecule has 1 N–H and O–H groups in total. The van der Waals surface area contributed by atoms with Crippen molar-refractivity contribution in [2.75, 3.05) is 0 Å². The molecule has 3 rings (SSSR count). The van der Waals surface area contributed by atoms with Gasteiger partial charge in [-0.3, -0.25) is 9.78 Å². The van der Waals surface area contributed by atoms with Crippen LogP contribution in [0.3, 0.4) is 0 Å². The van der Waals surface area contributed by atoms with Crippen LogP contribution in [0.25, 0.3) is 11.3 Å². The van der Waals surface area contributed by atoms with Crippen molar-refractivity contribution in [3.63, 3.8) is 0 Å². The molecule has 0 bridgehead atoms. The number of aliphatic carboxylic acids is 1. The highest BCUT2D eigenvalue weighted by Crippen LogP contribution is 2.32. The summed E-state index contributed by atoms with van der Waals surface area (Å²) >= 11 is 0. The number of oxazole rings is 1. The van der Waals surface area contributed by atoms with Crippen LogP contribution in [0.15, 0.2) is 35.1 Å². The largest absolute Gasteiger partial charge is 0.481 e. The van der Waals surface area contributed by atoms with Gasteiger partial charge in [-0.1, -0.05) is 44.9 Å². The average molecular weight is 342 g/mol. The maximum Gasteiger partial charge on any atom is 0.304 e. The third kappa shape index (κ3) is 5.15. The lowest BCUT2D eigenvalue weighted by Crippen LogP contribution is -2.09. The molecule has 2 aromatic rings. The molecule has 0 amide bonds. The third-order valence-electron chi connectivity index (χ3n) is 5.15. The number of hydrogen-bond donors (Lipinski definition) is 1. The summed E-state index contributed by atoms with van der Waals surface area (Å²) in [5.41, 5.74) is 0.907. The molecular weight excluding hydrogens is 316 g/mol. The predicted molar refractivity (Wildman–Crippen MR) is 95.2 cm³/mol. The summed E-state index contributed by atoms with van der Waals surface area (Å²) in [5.74, 6) is 1.07. The summed E-state index contributed by atoms with van der Waals surface area (Å²) in [5, 5.41) is 9.24. The van der Waals surface area contributed by atoms with E-state index in [2.05, 4.69) is 9.97 Å². The maximum atomic E-state index is 11.2. The molecule has 0 aromatic carbocycles. The summed E-state index contributed by atoms with van der Waals surface area (Å²) in [6, 6.07) is 3.72. The molecule has 0 radical (unpaired) electrons. The van der Waals surface area contributed by atoms with Crippen LogP contribution >= 0.6 is 0 Å². The summed E-state index contributed by atoms with van der Waals surface area (Å²) < 4.78 is 5.87. The minimum Gasteiger partial charge on any atom is -0.481 e. The van der Waals surface area contributed by atoms with Crippen LogP contribution in [0, 0.1) is 5.92 Å². The van der Waals surface area contributed by atoms with Crippen molar-refractivity contribution < 1.29 is 14.3 Å². The maximum absolute atomic E-state index is 11.2. The van der Waals surface area contributed by atoms with Gasteiger partial charge in [0.05, 0.1) is 12.6 Å². The van der Waals surface area contributed by atoms with Gasteiger partial charge in [-0.15, -0.1) is 0 Å². The zero-order chi connectivity index (χ0) is 17.5. The quantitative estimate of drug-likeness (QED) is 0.727. The number of carbonyl (C=O) groups is 1. The molecular formula is C20H26N2O3. The second kappa shape index (κ2) is 8.79. The van der Waals surface area contributed by atoms with E-state index in [0.717, 1.165) is 24.3 Å². The Bertz CT molecular complexity index is 663. The molecule has 1 aliphatic rings. The first-order chi connectivity index (χ1) is 12.2. The minimum atomic E-state index is -0.800. The highest BCUT2D eigenvalue weighted by Gasteiger charge is 2.22. The van der Waals surface area contributed by atoms with Crippen LogP contribution in [0.2, 0.25) is 0 Å². The second-order valence-corrected chi connectivity index (χ2v) is 7.03. The molecule has 1 saturated carbocycles. The fraction of sp³-hybridized carbons (Fsp3) is 0.550. The van der Waals surface area contributed by atoms with E-state index in [1.165, 1.54) is 38.5 Å². The minimum absolute atomic E-state index is 0.0704. The van der Waals surface area contributed by atoms with Gasteiger partial charge >= 0.3 is 5.97 Å². The van der Waals surface area contributed by atoms with Crippen molar-refractivity contribution >= 4 is 5.97 Å². The van der Waals surface area contributed by atoms with Gasteiger partial charge in [0, 0.05) is 23.9 Å². The monoisotopic (exact) mass is 342 g/mol. The average Bonchev–Trinajstić information content (AvgIpc) is 3.12. The number of hydrogen-bond acceptors (Lipinski definition) is 4. The Morgan fingerprint density at radius 1 is 1.24 bits per heavy atom. The highest BCUT2D eigenvalue weighted by atomic mass is 16.4. The summed E-state index contributed by atoms with van der Waals surface area (Å²) in [6.07, 6.45) is 14.9. The number of carboxylic acids is 1. The van der Waals surface area contributed by atoms with Gasteiger partial charge < -0.3 is 9.52 Å². The SMILES string of the molecule is O=C(O)CC(CCCC1CCCCC1)c1ncc(-c2ccncc2)o1. The van der Waals surface area contributed by atoms with Crippen LogP contribution in [-0.4, -0.2) is 21.0 Å². The molecule has 1 fully saturated rings. The molecule has 1 atom stereocenters. The number of pyridine rings is 1. The van der Waals surface area contributed by atoms with Crippen LogP contribution in [-0.2, 0) is 4.79 Å². The van der Waals surface area contributed by atoms with Crippen molar-refractivity contribution in [2.45, 2.75) is 63.7 Å². The van der Waals surface area contributed by atoms with E-state index < -0.39 is 5.97 Å². The molecule has 5 nitrogen and oxygen atoms in total. The molecule has 1 aliphatic carbocycles. The van der Waals surface area contributed by atoms with Gasteiger partial charge in [-0.25, -0.2) is 4.98 Å². The Morgan fingerprint density at radius 3 is 2.72 bits per heavy atom. The van der Waals surface area contributed by atoms with Crippen molar-refractivity contribution in [3.8, 4) is 11.3 Å². The van der Waals surface area contributed by atoms with E-state index in [1.54, 1.807) is 18.6 Å². The van der Waals surface area contributed by atoms with Gasteiger partial charge in [-0.2, -0.15) is 0 Å². The van der Waals surface area contributed by atoms with Gasteiger partial charge in [0.15, 0.2) is 11.7 Å². The molecule has 0 saturated heterocycles. The zero-order valence-electron chi connectivity index (χ0n) is 14.6. The Kier molecular flexibility index (Phi) is 6.20. The van der Waals surface area contributed by atoms with E-state index in [1.807, 2.05) is 12.1 Å². The molecule has 5 heteroatoms. The predicted octanol–water partition coefficient (Wildman–Crippen LogP) is 5.05. The fourth-order valence-corrected chi connectivity index (χ4v) is 3.78. The molecule has 2 heterocycles. The zero-order valence-corrected chi connectivity index (χ0v) is 14.6. The van der Waals surface area contributed by atoms with Gasteiger partial charge in [-0.05, 0) is 24.5 Å². The molecule has 1 unspecified atom stereocenters. The Labute approximate surface area is 148 Å². The normalized spacial score (nSPS) is 16.6. The van der Waals surface area contributed by atoms with Gasteiger partial charge in [0.25, 0.3) is 0 Å². The van der Waals surface area contributed by atoms with Crippen LogP contribution in [0.4, 0.5) is 0 Å². The lowest BCUT2D eigenvalue weighted by molar-refractivity contribution is -0.137. The van der Waals surface area contributed by atoms with Crippen LogP contribution < -0.4 is 0 Å². The van der Waals surface area contributed by atoms with E-state index in [0.29, 0.717) is 11.7 Å². The highest BCUT2D eigenvalue weighted by molar-refractivity contribution is 5.67. The van der Waals surface area contributed by atoms with Crippen molar-refractivity contribution in [1.29, 1.82) is 0 Å². The van der Waals surface area contributed by atoms with Crippen molar-refractivity contribution in [2.24, 2.45) is 5.92 Å². The molecule has 25 heavy (non-hydrogen) atoms. The number of carboxylic acid groups (broad SMARTS) is 1. The Morgan fingerprint density at radius 2 is 2.00 bits per heavy atom. The van der Waals surface area contributed by atoms with E-state index in [9.17, 15) is 9.90 Å². The smallest absolute Gasteiger partial charge is 0.304 e. The van der Waals surface area contributed by atoms with E-state index >= 15 is 0 Å². The lowest BCUT2D eigenvalue weighted by atomic mass is 9.84. The lowest BCUT2D eigenvalue weighted by Gasteiger charge is -2.22. The number of aromatic nitrogens is 2. The first-order valence-electron chi connectivity index (χ1n) is 9.30. The van der Waals surface area contributed by atoms with Crippen molar-refractivity contribution in [1.82, 2.24) is 9.97 Å². The van der Waals surface area contributed by atoms with Crippen LogP contribution in [0.5, 0.6) is 0 Å². The Balaban J connectivity index is 1.62. The fourth-order valence-electron chi connectivity index (χ4n) is 3.78. The first kappa shape index (κ1) is 17.6. The van der Waals surface area contributed by atoms with Gasteiger partial charge in [0.2, 0.25) is 0 Å². The summed E-state index contributed by atoms with van der Waals surface area (Å²) in [6.45, 7) is 0. The van der Waals surface area contributed by atoms with Crippen molar-refractivity contribution in [3.05, 3.63) is 36.6 Å². The summed E-state index contributed by atoms with van der Waals surface area (Å²) in [7, 11) is 0. The number of rotatable bonds is 8. The van der Waals surface area contributed by atoms with E-state index in [4.69, 9.17) is 4.42 Å². The Hall–Kier alpha value is -2.17. The van der Waals surface area contributed by atoms with Crippen LogP contribution in [0.1, 0.15) is 69.6 Å². The summed E-state index contributed by atoms with van der Waals surface area (Å²) in [4.78, 5) is 19.6. The second-order valence-electron chi connectivity index (χ2n) is 7.03. The standard InChI is InChI=1S/C20H26N2O3/c23-19(24)13-17(8-4-7-15-5-2-1-3-6-15)20-22-14-18(25-20)16-9-11-21-12-10-16/h9-12,14-15,17H,1-8,13H2,(H,23,24). The molecule has 0 aliphatic heterocycles.